The molecule has 0 bridgehead atoms. The number of pyridine rings is 1. The van der Waals surface area contributed by atoms with Gasteiger partial charge in [-0.15, -0.1) is 0 Å². The largest absolute Gasteiger partial charge is 0.354 e. The second-order valence-corrected chi connectivity index (χ2v) is 10.0. The third-order valence-electron chi connectivity index (χ3n) is 5.78. The summed E-state index contributed by atoms with van der Waals surface area (Å²) in [6, 6.07) is 9.98. The quantitative estimate of drug-likeness (QED) is 0.641. The number of hydrogen-bond donors (Lipinski definition) is 2. The highest BCUT2D eigenvalue weighted by Gasteiger charge is 2.25. The Balaban J connectivity index is 1.41. The SMILES string of the molecule is CN1CCN(c2ncccc2CNC(=O)c2cccc(S(=O)(=O)NCC3CC3)c2)CC1. The van der Waals surface area contributed by atoms with E-state index in [9.17, 15) is 13.2 Å². The van der Waals surface area contributed by atoms with Crippen molar-refractivity contribution in [3.8, 4) is 0 Å². The number of rotatable bonds is 8. The van der Waals surface area contributed by atoms with E-state index in [0.717, 1.165) is 50.4 Å². The maximum atomic E-state index is 12.7. The van der Waals surface area contributed by atoms with Crippen LogP contribution in [0.4, 0.5) is 5.82 Å². The van der Waals surface area contributed by atoms with Gasteiger partial charge in [0.2, 0.25) is 10.0 Å². The molecule has 0 radical (unpaired) electrons. The van der Waals surface area contributed by atoms with Crippen LogP contribution in [0.2, 0.25) is 0 Å². The molecule has 8 nitrogen and oxygen atoms in total. The maximum Gasteiger partial charge on any atom is 0.251 e. The van der Waals surface area contributed by atoms with Crippen molar-refractivity contribution in [1.29, 1.82) is 0 Å². The molecule has 4 rings (SSSR count). The first-order valence-electron chi connectivity index (χ1n) is 10.7. The molecule has 2 fully saturated rings. The summed E-state index contributed by atoms with van der Waals surface area (Å²) >= 11 is 0. The normalized spacial score (nSPS) is 17.5. The minimum absolute atomic E-state index is 0.111. The standard InChI is InChI=1S/C22H29N5O3S/c1-26-10-12-27(13-11-26)21-19(5-3-9-23-21)16-24-22(28)18-4-2-6-20(14-18)31(29,30)25-15-17-7-8-17/h2-6,9,14,17,25H,7-8,10-13,15-16H2,1H3,(H,24,28). The molecule has 166 valence electrons. The summed E-state index contributed by atoms with van der Waals surface area (Å²) in [5.41, 5.74) is 1.26. The highest BCUT2D eigenvalue weighted by Crippen LogP contribution is 2.28. The van der Waals surface area contributed by atoms with Crippen LogP contribution in [0.3, 0.4) is 0 Å². The van der Waals surface area contributed by atoms with Crippen molar-refractivity contribution in [3.63, 3.8) is 0 Å². The predicted molar refractivity (Wildman–Crippen MR) is 119 cm³/mol. The number of aromatic nitrogens is 1. The molecule has 2 heterocycles. The molecule has 0 spiro atoms. The lowest BCUT2D eigenvalue weighted by Crippen LogP contribution is -2.45. The van der Waals surface area contributed by atoms with Gasteiger partial charge in [-0.2, -0.15) is 0 Å². The van der Waals surface area contributed by atoms with Crippen LogP contribution in [0.25, 0.3) is 0 Å². The summed E-state index contributed by atoms with van der Waals surface area (Å²) < 4.78 is 27.6. The minimum atomic E-state index is -3.61. The maximum absolute atomic E-state index is 12.7. The Labute approximate surface area is 183 Å². The number of carbonyl (C=O) groups is 1. The van der Waals surface area contributed by atoms with E-state index in [1.54, 1.807) is 18.3 Å². The average molecular weight is 444 g/mol. The number of nitrogens with zero attached hydrogens (tertiary/aromatic N) is 3. The lowest BCUT2D eigenvalue weighted by molar-refractivity contribution is 0.0950. The van der Waals surface area contributed by atoms with Crippen LogP contribution in [0.1, 0.15) is 28.8 Å². The van der Waals surface area contributed by atoms with Crippen LogP contribution in [0.5, 0.6) is 0 Å². The van der Waals surface area contributed by atoms with E-state index in [2.05, 4.69) is 31.9 Å². The topological polar surface area (TPSA) is 94.6 Å². The summed E-state index contributed by atoms with van der Waals surface area (Å²) in [6.45, 7) is 4.50. The van der Waals surface area contributed by atoms with Gasteiger partial charge < -0.3 is 15.1 Å². The van der Waals surface area contributed by atoms with E-state index in [1.165, 1.54) is 12.1 Å². The van der Waals surface area contributed by atoms with Gasteiger partial charge in [0.15, 0.2) is 0 Å². The molecule has 2 aromatic rings. The van der Waals surface area contributed by atoms with Crippen LogP contribution in [0, 0.1) is 5.92 Å². The molecule has 31 heavy (non-hydrogen) atoms. The predicted octanol–water partition coefficient (Wildman–Crippen LogP) is 1.45. The van der Waals surface area contributed by atoms with Gasteiger partial charge in [0, 0.05) is 56.6 Å². The fourth-order valence-corrected chi connectivity index (χ4v) is 4.75. The van der Waals surface area contributed by atoms with E-state index in [0.29, 0.717) is 24.6 Å². The number of carbonyl (C=O) groups excluding carboxylic acids is 1. The molecule has 1 saturated heterocycles. The van der Waals surface area contributed by atoms with Gasteiger partial charge in [0.05, 0.1) is 4.90 Å². The lowest BCUT2D eigenvalue weighted by Gasteiger charge is -2.34. The van der Waals surface area contributed by atoms with Crippen LogP contribution < -0.4 is 14.9 Å². The molecule has 1 amide bonds. The number of nitrogens with one attached hydrogen (secondary N) is 2. The summed E-state index contributed by atoms with van der Waals surface area (Å²) in [7, 11) is -1.51. The van der Waals surface area contributed by atoms with Gasteiger partial charge in [-0.05, 0) is 50.1 Å². The molecule has 1 saturated carbocycles. The first kappa shape index (κ1) is 21.7. The number of piperazine rings is 1. The van der Waals surface area contributed by atoms with Gasteiger partial charge in [0.1, 0.15) is 5.82 Å². The number of likely N-dealkylation sites (N-methyl/N-ethyl adjacent to an activating group) is 1. The zero-order chi connectivity index (χ0) is 21.8. The lowest BCUT2D eigenvalue weighted by atomic mass is 10.2. The first-order chi connectivity index (χ1) is 14.9. The van der Waals surface area contributed by atoms with E-state index in [4.69, 9.17) is 0 Å². The molecule has 1 aliphatic heterocycles. The second-order valence-electron chi connectivity index (χ2n) is 8.28. The molecule has 1 aliphatic carbocycles. The number of anilines is 1. The Morgan fingerprint density at radius 1 is 1.13 bits per heavy atom. The number of amides is 1. The number of sulfonamides is 1. The number of benzene rings is 1. The van der Waals surface area contributed by atoms with E-state index in [-0.39, 0.29) is 10.8 Å². The highest BCUT2D eigenvalue weighted by atomic mass is 32.2. The first-order valence-corrected chi connectivity index (χ1v) is 12.2. The van der Waals surface area contributed by atoms with Crippen molar-refractivity contribution in [2.75, 3.05) is 44.7 Å². The van der Waals surface area contributed by atoms with Gasteiger partial charge >= 0.3 is 0 Å². The Bertz CT molecular complexity index is 1030. The summed E-state index contributed by atoms with van der Waals surface area (Å²) in [5, 5.41) is 2.91. The Morgan fingerprint density at radius 3 is 2.65 bits per heavy atom. The van der Waals surface area contributed by atoms with Crippen LogP contribution in [-0.4, -0.2) is 64.0 Å². The van der Waals surface area contributed by atoms with Crippen LogP contribution in [0.15, 0.2) is 47.5 Å². The van der Waals surface area contributed by atoms with Crippen molar-refractivity contribution in [2.24, 2.45) is 5.92 Å². The summed E-state index contributed by atoms with van der Waals surface area (Å²) in [6.07, 6.45) is 3.90. The average Bonchev–Trinajstić information content (AvgIpc) is 3.62. The summed E-state index contributed by atoms with van der Waals surface area (Å²) in [4.78, 5) is 21.9. The molecule has 2 aliphatic rings. The zero-order valence-corrected chi connectivity index (χ0v) is 18.6. The van der Waals surface area contributed by atoms with E-state index < -0.39 is 10.0 Å². The molecule has 1 aromatic heterocycles. The third kappa shape index (κ3) is 5.61. The summed E-state index contributed by atoms with van der Waals surface area (Å²) in [5.74, 6) is 1.01. The van der Waals surface area contributed by atoms with Crippen molar-refractivity contribution in [3.05, 3.63) is 53.7 Å². The fourth-order valence-electron chi connectivity index (χ4n) is 3.59. The van der Waals surface area contributed by atoms with Crippen molar-refractivity contribution in [1.82, 2.24) is 19.9 Å². The smallest absolute Gasteiger partial charge is 0.251 e. The van der Waals surface area contributed by atoms with Crippen LogP contribution >= 0.6 is 0 Å². The van der Waals surface area contributed by atoms with Crippen molar-refractivity contribution in [2.45, 2.75) is 24.3 Å². The third-order valence-corrected chi connectivity index (χ3v) is 7.20. The van der Waals surface area contributed by atoms with Gasteiger partial charge in [-0.3, -0.25) is 4.79 Å². The van der Waals surface area contributed by atoms with Gasteiger partial charge in [-0.1, -0.05) is 12.1 Å². The van der Waals surface area contributed by atoms with Gasteiger partial charge in [0.25, 0.3) is 5.91 Å². The van der Waals surface area contributed by atoms with E-state index in [1.807, 2.05) is 12.1 Å². The van der Waals surface area contributed by atoms with Crippen molar-refractivity contribution >= 4 is 21.7 Å². The monoisotopic (exact) mass is 443 g/mol. The molecular formula is C22H29N5O3S. The molecule has 2 N–H and O–H groups in total. The molecule has 9 heteroatoms. The van der Waals surface area contributed by atoms with Crippen LogP contribution in [-0.2, 0) is 16.6 Å². The molecule has 0 atom stereocenters. The van der Waals surface area contributed by atoms with Gasteiger partial charge in [-0.25, -0.2) is 18.1 Å². The number of hydrogen-bond acceptors (Lipinski definition) is 6. The van der Waals surface area contributed by atoms with E-state index >= 15 is 0 Å². The fraction of sp³-hybridized carbons (Fsp3) is 0.455. The van der Waals surface area contributed by atoms with Crippen molar-refractivity contribution < 1.29 is 13.2 Å². The zero-order valence-electron chi connectivity index (χ0n) is 17.8. The second kappa shape index (κ2) is 9.33. The minimum Gasteiger partial charge on any atom is -0.354 e. The Morgan fingerprint density at radius 2 is 1.90 bits per heavy atom. The molecule has 1 aromatic carbocycles. The highest BCUT2D eigenvalue weighted by molar-refractivity contribution is 7.89. The molecule has 0 unspecified atom stereocenters. The Hall–Kier alpha value is -2.49. The molecular weight excluding hydrogens is 414 g/mol. The Kier molecular flexibility index (Phi) is 6.54.